The summed E-state index contributed by atoms with van der Waals surface area (Å²) in [6.07, 6.45) is 10.6. The Kier molecular flexibility index (Phi) is 4.51. The number of likely N-dealkylation sites (tertiary alicyclic amines) is 1. The molecule has 4 nitrogen and oxygen atoms in total. The molecule has 1 aliphatic heterocycles. The fraction of sp³-hybridized carbons (Fsp3) is 0.750. The molecule has 110 valence electrons. The Labute approximate surface area is 122 Å². The summed E-state index contributed by atoms with van der Waals surface area (Å²) in [4.78, 5) is 11.5. The van der Waals surface area contributed by atoms with Crippen LogP contribution >= 0.6 is 0 Å². The minimum atomic E-state index is 0.454. The Hall–Kier alpha value is -1.16. The van der Waals surface area contributed by atoms with Crippen molar-refractivity contribution in [3.8, 4) is 0 Å². The van der Waals surface area contributed by atoms with Crippen LogP contribution in [0.15, 0.2) is 6.33 Å². The van der Waals surface area contributed by atoms with E-state index in [1.807, 2.05) is 0 Å². The van der Waals surface area contributed by atoms with Crippen LogP contribution in [0.5, 0.6) is 0 Å². The molecule has 1 atom stereocenters. The third kappa shape index (κ3) is 3.29. The summed E-state index contributed by atoms with van der Waals surface area (Å²) in [5.41, 5.74) is 2.65. The van der Waals surface area contributed by atoms with E-state index in [4.69, 9.17) is 0 Å². The van der Waals surface area contributed by atoms with Crippen molar-refractivity contribution in [1.82, 2.24) is 14.9 Å². The van der Waals surface area contributed by atoms with Gasteiger partial charge in [0.25, 0.3) is 0 Å². The lowest BCUT2D eigenvalue weighted by atomic mass is 10.1. The molecule has 1 aromatic heterocycles. The van der Waals surface area contributed by atoms with Gasteiger partial charge in [-0.05, 0) is 58.5 Å². The maximum absolute atomic E-state index is 4.51. The van der Waals surface area contributed by atoms with Gasteiger partial charge in [0.1, 0.15) is 12.1 Å². The van der Waals surface area contributed by atoms with Crippen LogP contribution in [0.2, 0.25) is 0 Å². The van der Waals surface area contributed by atoms with Crippen LogP contribution in [0.1, 0.15) is 50.3 Å². The molecule has 2 aliphatic rings. The van der Waals surface area contributed by atoms with Crippen molar-refractivity contribution in [3.63, 3.8) is 0 Å². The van der Waals surface area contributed by atoms with Crippen molar-refractivity contribution >= 4 is 5.82 Å². The van der Waals surface area contributed by atoms with E-state index >= 15 is 0 Å². The van der Waals surface area contributed by atoms with Crippen molar-refractivity contribution in [2.45, 2.75) is 57.9 Å². The van der Waals surface area contributed by atoms with Crippen LogP contribution in [0.25, 0.3) is 0 Å². The quantitative estimate of drug-likeness (QED) is 0.857. The molecule has 1 saturated heterocycles. The molecule has 0 aromatic carbocycles. The Morgan fingerprint density at radius 2 is 1.90 bits per heavy atom. The van der Waals surface area contributed by atoms with Gasteiger partial charge >= 0.3 is 0 Å². The number of aromatic nitrogens is 2. The molecule has 1 unspecified atom stereocenters. The summed E-state index contributed by atoms with van der Waals surface area (Å²) in [6, 6.07) is 0.454. The van der Waals surface area contributed by atoms with Crippen molar-refractivity contribution in [1.29, 1.82) is 0 Å². The van der Waals surface area contributed by atoms with Gasteiger partial charge in [0.05, 0.1) is 0 Å². The van der Waals surface area contributed by atoms with Gasteiger partial charge in [-0.2, -0.15) is 0 Å². The summed E-state index contributed by atoms with van der Waals surface area (Å²) < 4.78 is 0. The topological polar surface area (TPSA) is 41.0 Å². The second-order valence-corrected chi connectivity index (χ2v) is 6.26. The Balaban J connectivity index is 1.67. The molecule has 0 amide bonds. The fourth-order valence-electron chi connectivity index (χ4n) is 3.45. The highest BCUT2D eigenvalue weighted by Crippen LogP contribution is 2.24. The number of aryl methyl sites for hydroxylation is 1. The van der Waals surface area contributed by atoms with E-state index in [1.165, 1.54) is 56.5 Å². The Bertz CT molecular complexity index is 440. The van der Waals surface area contributed by atoms with E-state index in [0.717, 1.165) is 25.2 Å². The van der Waals surface area contributed by atoms with Gasteiger partial charge in [-0.25, -0.2) is 9.97 Å². The number of anilines is 1. The van der Waals surface area contributed by atoms with E-state index in [-0.39, 0.29) is 0 Å². The lowest BCUT2D eigenvalue weighted by Crippen LogP contribution is -2.33. The lowest BCUT2D eigenvalue weighted by Gasteiger charge is -2.23. The van der Waals surface area contributed by atoms with Gasteiger partial charge < -0.3 is 10.2 Å². The smallest absolute Gasteiger partial charge is 0.133 e. The number of nitrogens with zero attached hydrogens (tertiary/aromatic N) is 3. The van der Waals surface area contributed by atoms with Gasteiger partial charge in [-0.3, -0.25) is 0 Å². The minimum absolute atomic E-state index is 0.454. The van der Waals surface area contributed by atoms with E-state index in [0.29, 0.717) is 6.04 Å². The molecule has 3 rings (SSSR count). The van der Waals surface area contributed by atoms with Gasteiger partial charge in [0.15, 0.2) is 0 Å². The Morgan fingerprint density at radius 1 is 1.10 bits per heavy atom. The largest absolute Gasteiger partial charge is 0.366 e. The number of nitrogens with one attached hydrogen (secondary N) is 1. The predicted octanol–water partition coefficient (Wildman–Crippen LogP) is 2.64. The standard InChI is InChI=1S/C16H26N4/c1-13(11-20-9-5-6-10-20)19-16-14-7-3-2-4-8-15(14)17-12-18-16/h12-13H,2-11H2,1H3,(H,17,18,19). The number of rotatable bonds is 4. The van der Waals surface area contributed by atoms with Gasteiger partial charge in [0.2, 0.25) is 0 Å². The average Bonchev–Trinajstić information content (AvgIpc) is 2.81. The number of fused-ring (bicyclic) bond motifs is 1. The third-order valence-electron chi connectivity index (χ3n) is 4.49. The van der Waals surface area contributed by atoms with Crippen molar-refractivity contribution in [3.05, 3.63) is 17.6 Å². The van der Waals surface area contributed by atoms with Crippen LogP contribution in [0, 0.1) is 0 Å². The third-order valence-corrected chi connectivity index (χ3v) is 4.49. The normalized spacial score (nSPS) is 21.2. The molecule has 1 N–H and O–H groups in total. The Morgan fingerprint density at radius 3 is 2.75 bits per heavy atom. The van der Waals surface area contributed by atoms with E-state index < -0.39 is 0 Å². The molecule has 4 heteroatoms. The van der Waals surface area contributed by atoms with E-state index in [9.17, 15) is 0 Å². The zero-order chi connectivity index (χ0) is 13.8. The molecular weight excluding hydrogens is 248 g/mol. The summed E-state index contributed by atoms with van der Waals surface area (Å²) in [6.45, 7) is 5.91. The molecule has 0 saturated carbocycles. The van der Waals surface area contributed by atoms with Gasteiger partial charge in [0, 0.05) is 23.8 Å². The molecule has 0 bridgehead atoms. The summed E-state index contributed by atoms with van der Waals surface area (Å²) in [7, 11) is 0. The van der Waals surface area contributed by atoms with Crippen molar-refractivity contribution < 1.29 is 0 Å². The van der Waals surface area contributed by atoms with Gasteiger partial charge in [-0.15, -0.1) is 0 Å². The van der Waals surface area contributed by atoms with Crippen LogP contribution in [-0.4, -0.2) is 40.5 Å². The van der Waals surface area contributed by atoms with E-state index in [2.05, 4.69) is 27.1 Å². The highest BCUT2D eigenvalue weighted by atomic mass is 15.2. The van der Waals surface area contributed by atoms with Crippen molar-refractivity contribution in [2.75, 3.05) is 25.0 Å². The first kappa shape index (κ1) is 13.8. The zero-order valence-electron chi connectivity index (χ0n) is 12.6. The maximum atomic E-state index is 4.51. The fourth-order valence-corrected chi connectivity index (χ4v) is 3.45. The molecule has 1 aromatic rings. The maximum Gasteiger partial charge on any atom is 0.133 e. The van der Waals surface area contributed by atoms with Crippen LogP contribution < -0.4 is 5.32 Å². The minimum Gasteiger partial charge on any atom is -0.366 e. The van der Waals surface area contributed by atoms with E-state index in [1.54, 1.807) is 6.33 Å². The lowest BCUT2D eigenvalue weighted by molar-refractivity contribution is 0.327. The molecule has 2 heterocycles. The highest BCUT2D eigenvalue weighted by molar-refractivity contribution is 5.47. The SMILES string of the molecule is CC(CN1CCCC1)Nc1ncnc2c1CCCCC2. The number of hydrogen-bond donors (Lipinski definition) is 1. The molecule has 0 spiro atoms. The first-order chi connectivity index (χ1) is 9.83. The summed E-state index contributed by atoms with van der Waals surface area (Å²) in [5, 5.41) is 3.63. The van der Waals surface area contributed by atoms with Gasteiger partial charge in [-0.1, -0.05) is 6.42 Å². The van der Waals surface area contributed by atoms with Crippen LogP contribution in [-0.2, 0) is 12.8 Å². The molecule has 20 heavy (non-hydrogen) atoms. The van der Waals surface area contributed by atoms with Crippen LogP contribution in [0.4, 0.5) is 5.82 Å². The first-order valence-corrected chi connectivity index (χ1v) is 8.14. The average molecular weight is 274 g/mol. The molecule has 1 aliphatic carbocycles. The van der Waals surface area contributed by atoms with Crippen molar-refractivity contribution in [2.24, 2.45) is 0 Å². The second kappa shape index (κ2) is 6.53. The monoisotopic (exact) mass is 274 g/mol. The van der Waals surface area contributed by atoms with Crippen LogP contribution in [0.3, 0.4) is 0 Å². The molecular formula is C16H26N4. The predicted molar refractivity (Wildman–Crippen MR) is 82.0 cm³/mol. The molecule has 1 fully saturated rings. The molecule has 0 radical (unpaired) electrons. The number of hydrogen-bond acceptors (Lipinski definition) is 4. The summed E-state index contributed by atoms with van der Waals surface area (Å²) in [5.74, 6) is 1.09. The second-order valence-electron chi connectivity index (χ2n) is 6.26. The zero-order valence-corrected chi connectivity index (χ0v) is 12.6. The summed E-state index contributed by atoms with van der Waals surface area (Å²) >= 11 is 0. The highest BCUT2D eigenvalue weighted by Gasteiger charge is 2.18. The first-order valence-electron chi connectivity index (χ1n) is 8.14.